The minimum atomic E-state index is -0.324. The van der Waals surface area contributed by atoms with Gasteiger partial charge in [0.05, 0.1) is 5.02 Å². The third-order valence-electron chi connectivity index (χ3n) is 5.55. The second-order valence-electron chi connectivity index (χ2n) is 7.93. The predicted octanol–water partition coefficient (Wildman–Crippen LogP) is 6.24. The van der Waals surface area contributed by atoms with Crippen LogP contribution in [0.5, 0.6) is 0 Å². The van der Waals surface area contributed by atoms with Crippen LogP contribution in [0.4, 0.5) is 23.0 Å². The molecule has 0 spiro atoms. The van der Waals surface area contributed by atoms with Crippen LogP contribution in [-0.4, -0.2) is 34.1 Å². The highest BCUT2D eigenvalue weighted by Crippen LogP contribution is 2.31. The average molecular weight is 491 g/mol. The van der Waals surface area contributed by atoms with Crippen LogP contribution in [-0.2, 0) is 0 Å². The van der Waals surface area contributed by atoms with Crippen molar-refractivity contribution in [2.24, 2.45) is 0 Å². The molecule has 2 N–H and O–H groups in total. The summed E-state index contributed by atoms with van der Waals surface area (Å²) in [6.45, 7) is 9.50. The number of hydrogen-bond donors (Lipinski definition) is 2. The van der Waals surface area contributed by atoms with E-state index in [1.807, 2.05) is 49.4 Å². The highest BCUT2D eigenvalue weighted by molar-refractivity contribution is 6.33. The van der Waals surface area contributed by atoms with Crippen molar-refractivity contribution in [2.45, 2.75) is 27.7 Å². The van der Waals surface area contributed by atoms with Gasteiger partial charge < -0.3 is 20.1 Å². The number of benzene rings is 2. The van der Waals surface area contributed by atoms with Crippen molar-refractivity contribution in [1.29, 1.82) is 0 Å². The van der Waals surface area contributed by atoms with Gasteiger partial charge in [-0.05, 0) is 58.0 Å². The number of hydrogen-bond acceptors (Lipinski definition) is 7. The fraction of sp³-hybridized carbons (Fsp3) is 0.231. The molecule has 9 heteroatoms. The van der Waals surface area contributed by atoms with Crippen molar-refractivity contribution < 1.29 is 9.32 Å². The third-order valence-corrected chi connectivity index (χ3v) is 5.88. The predicted molar refractivity (Wildman–Crippen MR) is 140 cm³/mol. The number of halogens is 1. The number of carbonyl (C=O) groups excluding carboxylic acids is 1. The van der Waals surface area contributed by atoms with Crippen LogP contribution in [0.2, 0.25) is 5.02 Å². The van der Waals surface area contributed by atoms with Gasteiger partial charge in [-0.3, -0.25) is 4.79 Å². The first-order valence-electron chi connectivity index (χ1n) is 11.4. The molecule has 1 amide bonds. The maximum absolute atomic E-state index is 13.1. The van der Waals surface area contributed by atoms with E-state index < -0.39 is 0 Å². The molecule has 0 bridgehead atoms. The van der Waals surface area contributed by atoms with Gasteiger partial charge in [-0.2, -0.15) is 0 Å². The van der Waals surface area contributed by atoms with E-state index >= 15 is 0 Å². The minimum Gasteiger partial charge on any atom is -0.360 e. The van der Waals surface area contributed by atoms with Crippen LogP contribution in [0, 0.1) is 13.8 Å². The summed E-state index contributed by atoms with van der Waals surface area (Å²) in [7, 11) is 0. The maximum Gasteiger partial charge on any atom is 0.261 e. The number of amides is 1. The molecule has 2 aromatic carbocycles. The summed E-state index contributed by atoms with van der Waals surface area (Å²) < 4.78 is 5.31. The Labute approximate surface area is 209 Å². The molecule has 2 heterocycles. The molecule has 2 aromatic heterocycles. The molecule has 0 saturated carbocycles. The van der Waals surface area contributed by atoms with Gasteiger partial charge in [-0.25, -0.2) is 9.97 Å². The van der Waals surface area contributed by atoms with Crippen LogP contribution in [0.3, 0.4) is 0 Å². The fourth-order valence-corrected chi connectivity index (χ4v) is 4.01. The van der Waals surface area contributed by atoms with E-state index in [2.05, 4.69) is 44.5 Å². The summed E-state index contributed by atoms with van der Waals surface area (Å²) in [5.41, 5.74) is 2.87. The van der Waals surface area contributed by atoms with Crippen LogP contribution < -0.4 is 15.5 Å². The minimum absolute atomic E-state index is 0.324. The Kier molecular flexibility index (Phi) is 7.31. The van der Waals surface area contributed by atoms with Crippen LogP contribution >= 0.6 is 11.6 Å². The largest absolute Gasteiger partial charge is 0.360 e. The number of nitrogens with one attached hydrogen (secondary N) is 2. The smallest absolute Gasteiger partial charge is 0.261 e. The molecule has 180 valence electrons. The Bertz CT molecular complexity index is 1330. The molecule has 4 aromatic rings. The summed E-state index contributed by atoms with van der Waals surface area (Å²) >= 11 is 6.31. The lowest BCUT2D eigenvalue weighted by Gasteiger charge is -2.20. The maximum atomic E-state index is 13.1. The number of aryl methyl sites for hydroxylation is 2. The topological polar surface area (TPSA) is 96.2 Å². The van der Waals surface area contributed by atoms with Crippen molar-refractivity contribution in [3.63, 3.8) is 0 Å². The highest BCUT2D eigenvalue weighted by atomic mass is 35.5. The van der Waals surface area contributed by atoms with Crippen LogP contribution in [0.15, 0.2) is 59.1 Å². The molecule has 0 fully saturated rings. The first-order chi connectivity index (χ1) is 16.9. The molecule has 0 aliphatic carbocycles. The standard InChI is InChI=1S/C26H27ClN6O2/c1-5-33(6-2)23-15-22(28-17(4)29-23)30-18-11-13-19(14-12-18)31-26(34)24-16(3)35-32-25(24)20-9-7-8-10-21(20)27/h7-15H,5-6H2,1-4H3,(H,31,34)(H,28,29,30). The Morgan fingerprint density at radius 2 is 1.69 bits per heavy atom. The molecular formula is C26H27ClN6O2. The zero-order valence-corrected chi connectivity index (χ0v) is 20.8. The van der Waals surface area contributed by atoms with Crippen molar-refractivity contribution in [2.75, 3.05) is 28.6 Å². The molecule has 0 saturated heterocycles. The van der Waals surface area contributed by atoms with Gasteiger partial charge in [0.2, 0.25) is 0 Å². The van der Waals surface area contributed by atoms with E-state index in [9.17, 15) is 4.79 Å². The zero-order chi connectivity index (χ0) is 24.9. The Morgan fingerprint density at radius 1 is 1.00 bits per heavy atom. The van der Waals surface area contributed by atoms with Crippen molar-refractivity contribution >= 4 is 40.5 Å². The molecule has 8 nitrogen and oxygen atoms in total. The van der Waals surface area contributed by atoms with E-state index in [4.69, 9.17) is 16.1 Å². The second-order valence-corrected chi connectivity index (χ2v) is 8.34. The SMILES string of the molecule is CCN(CC)c1cc(Nc2ccc(NC(=O)c3c(-c4ccccc4Cl)noc3C)cc2)nc(C)n1. The van der Waals surface area contributed by atoms with Crippen molar-refractivity contribution in [1.82, 2.24) is 15.1 Å². The highest BCUT2D eigenvalue weighted by Gasteiger charge is 2.23. The second kappa shape index (κ2) is 10.6. The molecule has 0 atom stereocenters. The number of anilines is 4. The van der Waals surface area contributed by atoms with Gasteiger partial charge in [0.15, 0.2) is 0 Å². The number of carbonyl (C=O) groups is 1. The lowest BCUT2D eigenvalue weighted by Crippen LogP contribution is -2.23. The first-order valence-corrected chi connectivity index (χ1v) is 11.8. The zero-order valence-electron chi connectivity index (χ0n) is 20.1. The lowest BCUT2D eigenvalue weighted by molar-refractivity contribution is 0.102. The van der Waals surface area contributed by atoms with Gasteiger partial charge in [0, 0.05) is 36.1 Å². The molecule has 0 aliphatic heterocycles. The van der Waals surface area contributed by atoms with Gasteiger partial charge in [0.1, 0.15) is 34.5 Å². The van der Waals surface area contributed by atoms with Crippen LogP contribution in [0.25, 0.3) is 11.3 Å². The van der Waals surface area contributed by atoms with E-state index in [1.54, 1.807) is 19.1 Å². The normalized spacial score (nSPS) is 10.8. The summed E-state index contributed by atoms with van der Waals surface area (Å²) in [6.07, 6.45) is 0. The monoisotopic (exact) mass is 490 g/mol. The number of nitrogens with zero attached hydrogens (tertiary/aromatic N) is 4. The van der Waals surface area contributed by atoms with Gasteiger partial charge in [-0.15, -0.1) is 0 Å². The number of aromatic nitrogens is 3. The third kappa shape index (κ3) is 5.44. The van der Waals surface area contributed by atoms with Crippen LogP contribution in [0.1, 0.15) is 35.8 Å². The van der Waals surface area contributed by atoms with Gasteiger partial charge in [-0.1, -0.05) is 35.0 Å². The molecule has 4 rings (SSSR count). The van der Waals surface area contributed by atoms with E-state index in [0.717, 1.165) is 24.6 Å². The summed E-state index contributed by atoms with van der Waals surface area (Å²) in [5, 5.41) is 10.8. The van der Waals surface area contributed by atoms with E-state index in [1.165, 1.54) is 0 Å². The Balaban J connectivity index is 1.50. The summed E-state index contributed by atoms with van der Waals surface area (Å²) in [6, 6.07) is 16.5. The Hall–Kier alpha value is -3.91. The lowest BCUT2D eigenvalue weighted by atomic mass is 10.1. The molecule has 0 radical (unpaired) electrons. The molecule has 0 aliphatic rings. The molecule has 0 unspecified atom stereocenters. The van der Waals surface area contributed by atoms with Crippen molar-refractivity contribution in [3.8, 4) is 11.3 Å². The summed E-state index contributed by atoms with van der Waals surface area (Å²) in [5.74, 6) is 2.38. The van der Waals surface area contributed by atoms with E-state index in [-0.39, 0.29) is 5.91 Å². The van der Waals surface area contributed by atoms with Gasteiger partial charge in [0.25, 0.3) is 5.91 Å². The van der Waals surface area contributed by atoms with Crippen molar-refractivity contribution in [3.05, 3.63) is 76.8 Å². The Morgan fingerprint density at radius 3 is 2.37 bits per heavy atom. The number of rotatable bonds is 8. The molecule has 35 heavy (non-hydrogen) atoms. The van der Waals surface area contributed by atoms with Gasteiger partial charge >= 0.3 is 0 Å². The fourth-order valence-electron chi connectivity index (χ4n) is 3.78. The average Bonchev–Trinajstić information content (AvgIpc) is 3.22. The molecular weight excluding hydrogens is 464 g/mol. The summed E-state index contributed by atoms with van der Waals surface area (Å²) in [4.78, 5) is 24.3. The quantitative estimate of drug-likeness (QED) is 0.301. The first kappa shape index (κ1) is 24.2. The van der Waals surface area contributed by atoms with E-state index in [0.29, 0.717) is 44.9 Å².